The molecule has 7 nitrogen and oxygen atoms in total. The molecule has 1 saturated heterocycles. The van der Waals surface area contributed by atoms with Gasteiger partial charge in [-0.15, -0.1) is 0 Å². The van der Waals surface area contributed by atoms with Gasteiger partial charge < -0.3 is 10.2 Å². The average Bonchev–Trinajstić information content (AvgIpc) is 3.23. The molecule has 1 aliphatic heterocycles. The van der Waals surface area contributed by atoms with Crippen LogP contribution >= 0.6 is 0 Å². The molecule has 1 aliphatic rings. The van der Waals surface area contributed by atoms with E-state index in [2.05, 4.69) is 31.7 Å². The predicted molar refractivity (Wildman–Crippen MR) is 129 cm³/mol. The molecule has 1 N–H and O–H groups in total. The number of piperazine rings is 1. The summed E-state index contributed by atoms with van der Waals surface area (Å²) >= 11 is 0. The van der Waals surface area contributed by atoms with E-state index in [0.717, 1.165) is 54.2 Å². The summed E-state index contributed by atoms with van der Waals surface area (Å²) in [7, 11) is 0. The van der Waals surface area contributed by atoms with E-state index in [1.165, 1.54) is 0 Å². The highest BCUT2D eigenvalue weighted by Gasteiger charge is 2.23. The molecule has 1 fully saturated rings. The highest BCUT2D eigenvalue weighted by Crippen LogP contribution is 2.29. The van der Waals surface area contributed by atoms with Crippen LogP contribution in [0.5, 0.6) is 0 Å². The number of nitriles is 1. The smallest absolute Gasteiger partial charge is 0.234 e. The second-order valence-electron chi connectivity index (χ2n) is 8.46. The number of imidazole rings is 1. The van der Waals surface area contributed by atoms with E-state index in [0.29, 0.717) is 24.3 Å². The van der Waals surface area contributed by atoms with Crippen LogP contribution in [-0.4, -0.2) is 52.9 Å². The van der Waals surface area contributed by atoms with Gasteiger partial charge in [-0.2, -0.15) is 5.26 Å². The van der Waals surface area contributed by atoms with Crippen molar-refractivity contribution < 1.29 is 4.79 Å². The number of nitrogens with one attached hydrogen (secondary N) is 1. The van der Waals surface area contributed by atoms with Crippen molar-refractivity contribution in [2.45, 2.75) is 13.5 Å². The maximum absolute atomic E-state index is 12.4. The number of rotatable bonds is 5. The van der Waals surface area contributed by atoms with Crippen LogP contribution in [0.2, 0.25) is 0 Å². The standard InChI is InChI=1S/C26H26N6O/c1-19-15-25(32-23-10-6-5-9-22(23)29-26(32)21(19)16-27)31-13-11-30(12-14-31)18-24(33)28-17-20-7-3-2-4-8-20/h2-10,15H,11-14,17-18H2,1H3,(H,28,33). The van der Waals surface area contributed by atoms with Gasteiger partial charge in [-0.3, -0.25) is 14.1 Å². The molecule has 0 spiro atoms. The number of aryl methyl sites for hydroxylation is 1. The maximum atomic E-state index is 12.4. The van der Waals surface area contributed by atoms with Gasteiger partial charge in [-0.05, 0) is 36.2 Å². The Morgan fingerprint density at radius 1 is 1.06 bits per heavy atom. The molecule has 2 aromatic heterocycles. The molecular formula is C26H26N6O. The number of aromatic nitrogens is 2. The van der Waals surface area contributed by atoms with Gasteiger partial charge in [-0.25, -0.2) is 4.98 Å². The van der Waals surface area contributed by atoms with E-state index in [-0.39, 0.29) is 5.91 Å². The third kappa shape index (κ3) is 4.13. The van der Waals surface area contributed by atoms with E-state index in [1.54, 1.807) is 0 Å². The summed E-state index contributed by atoms with van der Waals surface area (Å²) in [5.41, 5.74) is 5.23. The van der Waals surface area contributed by atoms with Crippen LogP contribution in [0.15, 0.2) is 60.7 Å². The van der Waals surface area contributed by atoms with Crippen molar-refractivity contribution in [1.82, 2.24) is 19.6 Å². The molecular weight excluding hydrogens is 412 g/mol. The molecule has 3 heterocycles. The maximum Gasteiger partial charge on any atom is 0.234 e. The number of benzene rings is 2. The minimum absolute atomic E-state index is 0.0458. The van der Waals surface area contributed by atoms with Gasteiger partial charge in [0.2, 0.25) is 5.91 Å². The summed E-state index contributed by atoms with van der Waals surface area (Å²) < 4.78 is 2.10. The zero-order chi connectivity index (χ0) is 22.8. The highest BCUT2D eigenvalue weighted by molar-refractivity contribution is 5.85. The topological polar surface area (TPSA) is 76.7 Å². The predicted octanol–water partition coefficient (Wildman–Crippen LogP) is 3.11. The molecule has 0 unspecified atom stereocenters. The Hall–Kier alpha value is -3.89. The lowest BCUT2D eigenvalue weighted by molar-refractivity contribution is -0.122. The van der Waals surface area contributed by atoms with Gasteiger partial charge >= 0.3 is 0 Å². The minimum Gasteiger partial charge on any atom is -0.355 e. The Morgan fingerprint density at radius 3 is 2.55 bits per heavy atom. The van der Waals surface area contributed by atoms with Crippen LogP contribution in [0.4, 0.5) is 5.82 Å². The molecule has 7 heteroatoms. The first-order valence-corrected chi connectivity index (χ1v) is 11.2. The van der Waals surface area contributed by atoms with Crippen molar-refractivity contribution in [2.24, 2.45) is 0 Å². The first-order valence-electron chi connectivity index (χ1n) is 11.2. The summed E-state index contributed by atoms with van der Waals surface area (Å²) in [6.45, 7) is 6.12. The number of hydrogen-bond donors (Lipinski definition) is 1. The molecule has 0 saturated carbocycles. The third-order valence-electron chi connectivity index (χ3n) is 6.26. The summed E-state index contributed by atoms with van der Waals surface area (Å²) in [5.74, 6) is 1.09. The number of fused-ring (bicyclic) bond motifs is 3. The number of anilines is 1. The number of para-hydroxylation sites is 2. The Kier molecular flexibility index (Phi) is 5.68. The van der Waals surface area contributed by atoms with Crippen molar-refractivity contribution in [3.8, 4) is 6.07 Å². The molecule has 0 bridgehead atoms. The van der Waals surface area contributed by atoms with Gasteiger partial charge in [0.25, 0.3) is 0 Å². The van der Waals surface area contributed by atoms with Crippen LogP contribution in [0.1, 0.15) is 16.7 Å². The van der Waals surface area contributed by atoms with Crippen molar-refractivity contribution in [3.63, 3.8) is 0 Å². The fourth-order valence-corrected chi connectivity index (χ4v) is 4.49. The lowest BCUT2D eigenvalue weighted by atomic mass is 10.1. The molecule has 5 rings (SSSR count). The Bertz CT molecular complexity index is 1350. The van der Waals surface area contributed by atoms with Crippen LogP contribution in [0.3, 0.4) is 0 Å². The molecule has 4 aromatic rings. The van der Waals surface area contributed by atoms with Crippen LogP contribution < -0.4 is 10.2 Å². The molecule has 33 heavy (non-hydrogen) atoms. The van der Waals surface area contributed by atoms with Crippen molar-refractivity contribution in [3.05, 3.63) is 77.4 Å². The average molecular weight is 439 g/mol. The molecule has 2 aromatic carbocycles. The fraction of sp³-hybridized carbons (Fsp3) is 0.269. The zero-order valence-electron chi connectivity index (χ0n) is 18.7. The van der Waals surface area contributed by atoms with E-state index in [1.807, 2.05) is 61.5 Å². The zero-order valence-corrected chi connectivity index (χ0v) is 18.7. The first-order chi connectivity index (χ1) is 16.1. The number of nitrogens with zero attached hydrogens (tertiary/aromatic N) is 5. The van der Waals surface area contributed by atoms with Crippen LogP contribution in [0.25, 0.3) is 16.7 Å². The normalized spacial score (nSPS) is 14.5. The van der Waals surface area contributed by atoms with Crippen LogP contribution in [-0.2, 0) is 11.3 Å². The Morgan fingerprint density at radius 2 is 1.79 bits per heavy atom. The van der Waals surface area contributed by atoms with Crippen molar-refractivity contribution in [1.29, 1.82) is 5.26 Å². The number of carbonyl (C=O) groups is 1. The van der Waals surface area contributed by atoms with Gasteiger partial charge in [0.15, 0.2) is 5.65 Å². The highest BCUT2D eigenvalue weighted by atomic mass is 16.2. The number of pyridine rings is 1. The number of amides is 1. The molecule has 0 radical (unpaired) electrons. The quantitative estimate of drug-likeness (QED) is 0.518. The first kappa shape index (κ1) is 21.0. The molecule has 1 amide bonds. The second kappa shape index (κ2) is 8.93. The lowest BCUT2D eigenvalue weighted by Gasteiger charge is -2.36. The van der Waals surface area contributed by atoms with E-state index < -0.39 is 0 Å². The molecule has 0 aliphatic carbocycles. The summed E-state index contributed by atoms with van der Waals surface area (Å²) in [6, 6.07) is 22.4. The second-order valence-corrected chi connectivity index (χ2v) is 8.46. The summed E-state index contributed by atoms with van der Waals surface area (Å²) in [6.07, 6.45) is 0. The Labute approximate surface area is 192 Å². The number of hydrogen-bond acceptors (Lipinski definition) is 5. The summed E-state index contributed by atoms with van der Waals surface area (Å²) in [5, 5.41) is 12.7. The fourth-order valence-electron chi connectivity index (χ4n) is 4.49. The van der Waals surface area contributed by atoms with Crippen molar-refractivity contribution in [2.75, 3.05) is 37.6 Å². The lowest BCUT2D eigenvalue weighted by Crippen LogP contribution is -2.49. The van der Waals surface area contributed by atoms with Gasteiger partial charge in [0.1, 0.15) is 11.9 Å². The SMILES string of the molecule is Cc1cc(N2CCN(CC(=O)NCc3ccccc3)CC2)n2c(nc3ccccc32)c1C#N. The van der Waals surface area contributed by atoms with E-state index in [9.17, 15) is 10.1 Å². The van der Waals surface area contributed by atoms with Gasteiger partial charge in [0.05, 0.1) is 23.1 Å². The third-order valence-corrected chi connectivity index (χ3v) is 6.26. The van der Waals surface area contributed by atoms with Gasteiger partial charge in [0, 0.05) is 32.7 Å². The Balaban J connectivity index is 1.31. The molecule has 166 valence electrons. The minimum atomic E-state index is 0.0458. The largest absolute Gasteiger partial charge is 0.355 e. The van der Waals surface area contributed by atoms with Gasteiger partial charge in [-0.1, -0.05) is 42.5 Å². The van der Waals surface area contributed by atoms with Crippen LogP contribution in [0, 0.1) is 18.3 Å². The monoisotopic (exact) mass is 438 g/mol. The molecule has 0 atom stereocenters. The number of carbonyl (C=O) groups excluding carboxylic acids is 1. The van der Waals surface area contributed by atoms with Crippen molar-refractivity contribution >= 4 is 28.4 Å². The van der Waals surface area contributed by atoms with E-state index >= 15 is 0 Å². The van der Waals surface area contributed by atoms with E-state index in [4.69, 9.17) is 4.98 Å². The summed E-state index contributed by atoms with van der Waals surface area (Å²) in [4.78, 5) is 21.7.